The van der Waals surface area contributed by atoms with Crippen LogP contribution < -0.4 is 4.74 Å². The number of quaternary nitrogens is 1. The number of benzene rings is 2. The van der Waals surface area contributed by atoms with E-state index >= 15 is 0 Å². The Kier molecular flexibility index (Phi) is 7.02. The minimum atomic E-state index is -0.578. The third-order valence-corrected chi connectivity index (χ3v) is 6.15. The van der Waals surface area contributed by atoms with Gasteiger partial charge in [-0.1, -0.05) is 38.5 Å². The molecule has 31 heavy (non-hydrogen) atoms. The normalized spacial score (nSPS) is 16.8. The third-order valence-electron chi connectivity index (χ3n) is 6.15. The molecule has 0 aliphatic carbocycles. The van der Waals surface area contributed by atoms with E-state index in [0.29, 0.717) is 6.54 Å². The summed E-state index contributed by atoms with van der Waals surface area (Å²) in [6.45, 7) is 12.2. The van der Waals surface area contributed by atoms with Crippen LogP contribution in [0.3, 0.4) is 0 Å². The number of nitro groups is 1. The minimum absolute atomic E-state index is 0.0367. The summed E-state index contributed by atoms with van der Waals surface area (Å²) in [5, 5.41) is 21.8. The Morgan fingerprint density at radius 3 is 2.35 bits per heavy atom. The highest BCUT2D eigenvalue weighted by Crippen LogP contribution is 2.32. The molecule has 0 amide bonds. The number of rotatable bonds is 8. The smallest absolute Gasteiger partial charge is 0.269 e. The standard InChI is InChI=1S/C25H35N2O4/c1-19-7-12-24(23(15-19)25(2,3)4)31-18-22(28)17-27(13-5-6-14-27)16-20-8-10-21(11-9-20)26(29)30/h7-12,15,22,28H,5-6,13-14,16-18H2,1-4H3/q+1/t22-/m0/s1. The number of non-ortho nitro benzene ring substituents is 1. The molecule has 168 valence electrons. The number of likely N-dealkylation sites (tertiary alicyclic amines) is 1. The van der Waals surface area contributed by atoms with Crippen LogP contribution in [0.25, 0.3) is 0 Å². The summed E-state index contributed by atoms with van der Waals surface area (Å²) >= 11 is 0. The van der Waals surface area contributed by atoms with Crippen molar-refractivity contribution >= 4 is 5.69 Å². The van der Waals surface area contributed by atoms with Gasteiger partial charge in [0, 0.05) is 30.5 Å². The lowest BCUT2D eigenvalue weighted by Gasteiger charge is -2.36. The molecule has 0 spiro atoms. The van der Waals surface area contributed by atoms with Crippen LogP contribution >= 0.6 is 0 Å². The number of aliphatic hydroxyl groups excluding tert-OH is 1. The van der Waals surface area contributed by atoms with Gasteiger partial charge in [-0.25, -0.2) is 0 Å². The molecule has 1 aliphatic rings. The van der Waals surface area contributed by atoms with Crippen LogP contribution in [-0.4, -0.2) is 46.9 Å². The van der Waals surface area contributed by atoms with Crippen LogP contribution in [0.15, 0.2) is 42.5 Å². The van der Waals surface area contributed by atoms with E-state index in [1.807, 2.05) is 24.3 Å². The van der Waals surface area contributed by atoms with E-state index in [-0.39, 0.29) is 22.6 Å². The average Bonchev–Trinajstić information content (AvgIpc) is 3.14. The Morgan fingerprint density at radius 1 is 1.13 bits per heavy atom. The van der Waals surface area contributed by atoms with Gasteiger partial charge in [-0.2, -0.15) is 0 Å². The average molecular weight is 428 g/mol. The summed E-state index contributed by atoms with van der Waals surface area (Å²) in [5.74, 6) is 0.834. The van der Waals surface area contributed by atoms with Crippen LogP contribution in [0.5, 0.6) is 5.75 Å². The molecule has 1 heterocycles. The molecule has 0 radical (unpaired) electrons. The van der Waals surface area contributed by atoms with Crippen molar-refractivity contribution in [3.63, 3.8) is 0 Å². The first kappa shape index (κ1) is 23.2. The molecule has 3 rings (SSSR count). The van der Waals surface area contributed by atoms with Gasteiger partial charge in [-0.05, 0) is 36.1 Å². The van der Waals surface area contributed by atoms with Crippen LogP contribution in [0, 0.1) is 17.0 Å². The lowest BCUT2D eigenvalue weighted by Crippen LogP contribution is -2.50. The van der Waals surface area contributed by atoms with Gasteiger partial charge in [0.15, 0.2) is 0 Å². The monoisotopic (exact) mass is 427 g/mol. The highest BCUT2D eigenvalue weighted by Gasteiger charge is 2.35. The molecule has 0 unspecified atom stereocenters. The Hall–Kier alpha value is -2.44. The van der Waals surface area contributed by atoms with Crippen molar-refractivity contribution in [3.05, 3.63) is 69.3 Å². The van der Waals surface area contributed by atoms with E-state index in [1.165, 1.54) is 5.56 Å². The van der Waals surface area contributed by atoms with E-state index in [4.69, 9.17) is 4.74 Å². The van der Waals surface area contributed by atoms with Crippen LogP contribution in [-0.2, 0) is 12.0 Å². The van der Waals surface area contributed by atoms with Crippen molar-refractivity contribution in [2.24, 2.45) is 0 Å². The van der Waals surface area contributed by atoms with Crippen molar-refractivity contribution in [3.8, 4) is 5.75 Å². The molecule has 0 saturated carbocycles. The largest absolute Gasteiger partial charge is 0.490 e. The second kappa shape index (κ2) is 9.37. The molecular weight excluding hydrogens is 392 g/mol. The quantitative estimate of drug-likeness (QED) is 0.375. The van der Waals surface area contributed by atoms with Crippen molar-refractivity contribution in [2.45, 2.75) is 58.6 Å². The zero-order chi connectivity index (χ0) is 22.6. The first-order chi connectivity index (χ1) is 14.6. The van der Waals surface area contributed by atoms with Gasteiger partial charge in [0.25, 0.3) is 5.69 Å². The first-order valence-electron chi connectivity index (χ1n) is 11.1. The van der Waals surface area contributed by atoms with Crippen LogP contribution in [0.1, 0.15) is 50.3 Å². The first-order valence-corrected chi connectivity index (χ1v) is 11.1. The number of nitrogens with zero attached hydrogens (tertiary/aromatic N) is 2. The molecule has 2 aromatic carbocycles. The SMILES string of the molecule is Cc1ccc(OC[C@@H](O)C[N+]2(Cc3ccc([N+](=O)[O-])cc3)CCCC2)c(C(C)(C)C)c1. The number of aryl methyl sites for hydroxylation is 1. The molecule has 6 heteroatoms. The fraction of sp³-hybridized carbons (Fsp3) is 0.520. The minimum Gasteiger partial charge on any atom is -0.490 e. The molecule has 1 aliphatic heterocycles. The van der Waals surface area contributed by atoms with Gasteiger partial charge in [-0.15, -0.1) is 0 Å². The lowest BCUT2D eigenvalue weighted by molar-refractivity contribution is -0.932. The molecule has 0 bridgehead atoms. The fourth-order valence-electron chi connectivity index (χ4n) is 4.56. The number of nitro benzene ring substituents is 1. The topological polar surface area (TPSA) is 72.6 Å². The molecule has 1 fully saturated rings. The molecule has 6 nitrogen and oxygen atoms in total. The summed E-state index contributed by atoms with van der Waals surface area (Å²) in [6, 6.07) is 13.0. The maximum absolute atomic E-state index is 10.9. The Labute approximate surface area is 185 Å². The van der Waals surface area contributed by atoms with Crippen molar-refractivity contribution in [1.82, 2.24) is 0 Å². The summed E-state index contributed by atoms with van der Waals surface area (Å²) < 4.78 is 6.89. The van der Waals surface area contributed by atoms with Gasteiger partial charge >= 0.3 is 0 Å². The maximum Gasteiger partial charge on any atom is 0.269 e. The molecule has 2 aromatic rings. The lowest BCUT2D eigenvalue weighted by atomic mass is 9.85. The highest BCUT2D eigenvalue weighted by atomic mass is 16.6. The summed E-state index contributed by atoms with van der Waals surface area (Å²) in [6.07, 6.45) is 1.68. The molecule has 0 aromatic heterocycles. The van der Waals surface area contributed by atoms with Gasteiger partial charge < -0.3 is 14.3 Å². The van der Waals surface area contributed by atoms with E-state index in [9.17, 15) is 15.2 Å². The van der Waals surface area contributed by atoms with E-state index < -0.39 is 6.10 Å². The fourth-order valence-corrected chi connectivity index (χ4v) is 4.56. The van der Waals surface area contributed by atoms with E-state index in [2.05, 4.69) is 33.8 Å². The number of aliphatic hydroxyl groups is 1. The summed E-state index contributed by atoms with van der Waals surface area (Å²) in [7, 11) is 0. The van der Waals surface area contributed by atoms with Gasteiger partial charge in [0.1, 0.15) is 31.5 Å². The zero-order valence-electron chi connectivity index (χ0n) is 19.1. The van der Waals surface area contributed by atoms with Crippen molar-refractivity contribution in [1.29, 1.82) is 0 Å². The second-order valence-electron chi connectivity index (χ2n) is 9.97. The maximum atomic E-state index is 10.9. The highest BCUT2D eigenvalue weighted by molar-refractivity contribution is 5.41. The van der Waals surface area contributed by atoms with Crippen LogP contribution in [0.2, 0.25) is 0 Å². The molecule has 1 saturated heterocycles. The second-order valence-corrected chi connectivity index (χ2v) is 9.97. The predicted molar refractivity (Wildman–Crippen MR) is 122 cm³/mol. The molecule has 1 atom stereocenters. The van der Waals surface area contributed by atoms with E-state index in [1.54, 1.807) is 12.1 Å². The van der Waals surface area contributed by atoms with Gasteiger partial charge in [-0.3, -0.25) is 10.1 Å². The van der Waals surface area contributed by atoms with E-state index in [0.717, 1.165) is 53.8 Å². The van der Waals surface area contributed by atoms with Crippen LogP contribution in [0.4, 0.5) is 5.69 Å². The van der Waals surface area contributed by atoms with Gasteiger partial charge in [0.2, 0.25) is 0 Å². The predicted octanol–water partition coefficient (Wildman–Crippen LogP) is 4.75. The molecule has 1 N–H and O–H groups in total. The molecular formula is C25H35N2O4+. The number of ether oxygens (including phenoxy) is 1. The van der Waals surface area contributed by atoms with Crippen molar-refractivity contribution < 1.29 is 19.2 Å². The zero-order valence-corrected chi connectivity index (χ0v) is 19.1. The summed E-state index contributed by atoms with van der Waals surface area (Å²) in [4.78, 5) is 10.5. The van der Waals surface area contributed by atoms with Crippen molar-refractivity contribution in [2.75, 3.05) is 26.2 Å². The number of hydrogen-bond donors (Lipinski definition) is 1. The Morgan fingerprint density at radius 2 is 1.77 bits per heavy atom. The Balaban J connectivity index is 1.66. The number of hydrogen-bond acceptors (Lipinski definition) is 4. The Bertz CT molecular complexity index is 897. The third kappa shape index (κ3) is 6.05. The summed E-state index contributed by atoms with van der Waals surface area (Å²) in [5.41, 5.74) is 3.48. The van der Waals surface area contributed by atoms with Gasteiger partial charge in [0.05, 0.1) is 18.0 Å².